The van der Waals surface area contributed by atoms with Crippen LogP contribution in [0.15, 0.2) is 0 Å². The lowest BCUT2D eigenvalue weighted by Crippen LogP contribution is -2.49. The van der Waals surface area contributed by atoms with Crippen LogP contribution in [0, 0.1) is 0 Å². The van der Waals surface area contributed by atoms with E-state index in [1.807, 2.05) is 0 Å². The average molecular weight is 204 g/mol. The number of hydrogen-bond donors (Lipinski definition) is 0. The summed E-state index contributed by atoms with van der Waals surface area (Å²) in [4.78, 5) is 0. The highest BCUT2D eigenvalue weighted by Crippen LogP contribution is 2.17. The van der Waals surface area contributed by atoms with Gasteiger partial charge >= 0.3 is 0 Å². The van der Waals surface area contributed by atoms with Crippen molar-refractivity contribution in [2.45, 2.75) is 19.3 Å². The molecule has 0 aromatic rings. The van der Waals surface area contributed by atoms with E-state index in [2.05, 4.69) is 41.1 Å². The highest BCUT2D eigenvalue weighted by atomic mass is 32.2. The summed E-state index contributed by atoms with van der Waals surface area (Å²) < 4.78 is 7.21. The molecular formula is C9H22N3S+. The number of rotatable bonds is 3. The zero-order valence-corrected chi connectivity index (χ0v) is 10.1. The maximum atomic E-state index is 2.59. The van der Waals surface area contributed by atoms with Gasteiger partial charge < -0.3 is 0 Å². The molecule has 1 fully saturated rings. The van der Waals surface area contributed by atoms with E-state index in [1.54, 1.807) is 0 Å². The van der Waals surface area contributed by atoms with Gasteiger partial charge in [0.1, 0.15) is 0 Å². The van der Waals surface area contributed by atoms with Crippen LogP contribution in [0.4, 0.5) is 0 Å². The molecular weight excluding hydrogens is 182 g/mol. The van der Waals surface area contributed by atoms with Crippen molar-refractivity contribution in [3.63, 3.8) is 0 Å². The summed E-state index contributed by atoms with van der Waals surface area (Å²) in [5, 5.41) is 0. The van der Waals surface area contributed by atoms with E-state index < -0.39 is 0 Å². The van der Waals surface area contributed by atoms with Crippen LogP contribution < -0.4 is 0 Å². The Morgan fingerprint density at radius 3 is 1.69 bits per heavy atom. The molecule has 0 aromatic heterocycles. The van der Waals surface area contributed by atoms with Crippen molar-refractivity contribution in [1.82, 2.24) is 12.9 Å². The third-order valence-corrected chi connectivity index (χ3v) is 4.33. The minimum Gasteiger partial charge on any atom is -0.0942 e. The van der Waals surface area contributed by atoms with E-state index in [9.17, 15) is 0 Å². The van der Waals surface area contributed by atoms with Crippen LogP contribution in [-0.2, 0) is 11.5 Å². The molecule has 0 aromatic carbocycles. The van der Waals surface area contributed by atoms with E-state index in [0.717, 1.165) is 0 Å². The number of nitrogens with zero attached hydrogens (tertiary/aromatic N) is 3. The SMILES string of the molecule is CN(C)[S+](N(C)C)N1CCCCC1. The lowest BCUT2D eigenvalue weighted by Gasteiger charge is -2.29. The van der Waals surface area contributed by atoms with Crippen molar-refractivity contribution < 1.29 is 0 Å². The molecule has 0 N–H and O–H groups in total. The molecule has 4 heteroatoms. The quantitative estimate of drug-likeness (QED) is 0.634. The largest absolute Gasteiger partial charge is 0.266 e. The molecule has 0 radical (unpaired) electrons. The summed E-state index contributed by atoms with van der Waals surface area (Å²) in [6, 6.07) is 0. The van der Waals surface area contributed by atoms with Gasteiger partial charge in [0.05, 0.1) is 0 Å². The van der Waals surface area contributed by atoms with Crippen molar-refractivity contribution in [3.8, 4) is 0 Å². The Balaban J connectivity index is 2.52. The van der Waals surface area contributed by atoms with Gasteiger partial charge in [-0.2, -0.15) is 0 Å². The monoisotopic (exact) mass is 204 g/mol. The van der Waals surface area contributed by atoms with Gasteiger partial charge in [-0.1, -0.05) is 19.3 Å². The Labute approximate surface area is 85.4 Å². The van der Waals surface area contributed by atoms with Crippen LogP contribution in [0.25, 0.3) is 0 Å². The van der Waals surface area contributed by atoms with Crippen molar-refractivity contribution in [3.05, 3.63) is 0 Å². The van der Waals surface area contributed by atoms with Gasteiger partial charge in [-0.05, 0) is 12.8 Å². The van der Waals surface area contributed by atoms with Gasteiger partial charge in [-0.15, -0.1) is 0 Å². The van der Waals surface area contributed by atoms with Gasteiger partial charge in [0.25, 0.3) is 11.5 Å². The van der Waals surface area contributed by atoms with Crippen LogP contribution in [0.3, 0.4) is 0 Å². The predicted octanol–water partition coefficient (Wildman–Crippen LogP) is 0.959. The summed E-state index contributed by atoms with van der Waals surface area (Å²) in [6.45, 7) is 2.53. The molecule has 13 heavy (non-hydrogen) atoms. The average Bonchev–Trinajstić information content (AvgIpc) is 2.04. The van der Waals surface area contributed by atoms with Crippen LogP contribution in [0.2, 0.25) is 0 Å². The summed E-state index contributed by atoms with van der Waals surface area (Å²) in [5.41, 5.74) is 0. The maximum absolute atomic E-state index is 2.59. The number of hydrogen-bond acceptors (Lipinski definition) is 3. The Bertz CT molecular complexity index is 136. The summed E-state index contributed by atoms with van der Waals surface area (Å²) in [7, 11) is 8.66. The zero-order valence-electron chi connectivity index (χ0n) is 9.29. The van der Waals surface area contributed by atoms with Gasteiger partial charge in [-0.25, -0.2) is 0 Å². The van der Waals surface area contributed by atoms with E-state index in [-0.39, 0.29) is 11.5 Å². The highest BCUT2D eigenvalue weighted by Gasteiger charge is 2.36. The molecule has 0 saturated carbocycles. The van der Waals surface area contributed by atoms with Crippen molar-refractivity contribution in [2.24, 2.45) is 0 Å². The van der Waals surface area contributed by atoms with Crippen LogP contribution >= 0.6 is 0 Å². The Hall–Kier alpha value is 0.230. The first-order valence-electron chi connectivity index (χ1n) is 4.97. The van der Waals surface area contributed by atoms with E-state index >= 15 is 0 Å². The van der Waals surface area contributed by atoms with E-state index in [0.29, 0.717) is 0 Å². The molecule has 0 amide bonds. The van der Waals surface area contributed by atoms with E-state index in [4.69, 9.17) is 0 Å². The molecule has 1 rings (SSSR count). The fourth-order valence-electron chi connectivity index (χ4n) is 1.82. The standard InChI is InChI=1S/C9H22N3S/c1-10(2)13(11(3)4)12-8-6-5-7-9-12/h5-9H2,1-4H3/q+1. The topological polar surface area (TPSA) is 9.72 Å². The second-order valence-corrected chi connectivity index (χ2v) is 6.33. The molecule has 0 spiro atoms. The molecule has 0 unspecified atom stereocenters. The highest BCUT2D eigenvalue weighted by molar-refractivity contribution is 7.90. The fraction of sp³-hybridized carbons (Fsp3) is 1.00. The van der Waals surface area contributed by atoms with Crippen molar-refractivity contribution >= 4 is 11.5 Å². The number of piperidine rings is 1. The zero-order chi connectivity index (χ0) is 9.84. The summed E-state index contributed by atoms with van der Waals surface area (Å²) in [5.74, 6) is 0. The minimum atomic E-state index is 0.186. The Morgan fingerprint density at radius 1 is 0.846 bits per heavy atom. The lowest BCUT2D eigenvalue weighted by atomic mass is 10.2. The molecule has 0 aliphatic carbocycles. The molecule has 3 nitrogen and oxygen atoms in total. The molecule has 0 bridgehead atoms. The first-order valence-corrected chi connectivity index (χ1v) is 6.06. The summed E-state index contributed by atoms with van der Waals surface area (Å²) in [6.07, 6.45) is 4.14. The van der Waals surface area contributed by atoms with Crippen LogP contribution in [0.1, 0.15) is 19.3 Å². The van der Waals surface area contributed by atoms with Gasteiger partial charge in [-0.3, -0.25) is 0 Å². The third kappa shape index (κ3) is 3.13. The molecule has 1 aliphatic rings. The van der Waals surface area contributed by atoms with E-state index in [1.165, 1.54) is 32.4 Å². The molecule has 1 aliphatic heterocycles. The first kappa shape index (κ1) is 11.3. The van der Waals surface area contributed by atoms with Gasteiger partial charge in [0.2, 0.25) is 0 Å². The second-order valence-electron chi connectivity index (χ2n) is 3.86. The Morgan fingerprint density at radius 2 is 1.31 bits per heavy atom. The fourth-order valence-corrected chi connectivity index (χ4v) is 3.98. The lowest BCUT2D eigenvalue weighted by molar-refractivity contribution is 0.343. The Kier molecular flexibility index (Phi) is 4.52. The molecule has 1 saturated heterocycles. The van der Waals surface area contributed by atoms with Crippen molar-refractivity contribution in [1.29, 1.82) is 0 Å². The summed E-state index contributed by atoms with van der Waals surface area (Å²) >= 11 is 0.186. The van der Waals surface area contributed by atoms with Gasteiger partial charge in [0.15, 0.2) is 0 Å². The first-order chi connectivity index (χ1) is 6.13. The minimum absolute atomic E-state index is 0.186. The molecule has 78 valence electrons. The van der Waals surface area contributed by atoms with Crippen LogP contribution in [-0.4, -0.2) is 54.2 Å². The molecule has 1 heterocycles. The maximum Gasteiger partial charge on any atom is 0.266 e. The smallest absolute Gasteiger partial charge is 0.0942 e. The molecule has 0 atom stereocenters. The van der Waals surface area contributed by atoms with Crippen LogP contribution in [0.5, 0.6) is 0 Å². The normalized spacial score (nSPS) is 20.5. The van der Waals surface area contributed by atoms with Crippen molar-refractivity contribution in [2.75, 3.05) is 41.3 Å². The third-order valence-electron chi connectivity index (χ3n) is 2.20. The second kappa shape index (κ2) is 5.20. The van der Waals surface area contributed by atoms with Gasteiger partial charge in [0, 0.05) is 41.3 Å². The predicted molar refractivity (Wildman–Crippen MR) is 60.2 cm³/mol.